The number of aryl methyl sites for hydroxylation is 1. The van der Waals surface area contributed by atoms with Crippen LogP contribution in [-0.2, 0) is 0 Å². The first kappa shape index (κ1) is 11.9. The lowest BCUT2D eigenvalue weighted by Gasteiger charge is -2.16. The topological polar surface area (TPSA) is 70.1 Å². The molecule has 2 rings (SSSR count). The molecule has 0 aliphatic rings. The van der Waals surface area contributed by atoms with Gasteiger partial charge in [0.15, 0.2) is 6.39 Å². The van der Waals surface area contributed by atoms with Crippen molar-refractivity contribution in [3.63, 3.8) is 0 Å². The molecule has 90 valence electrons. The third-order valence-corrected chi connectivity index (χ3v) is 2.61. The molecule has 18 heavy (non-hydrogen) atoms. The summed E-state index contributed by atoms with van der Waals surface area (Å²) in [5, 5.41) is 8.83. The van der Waals surface area contributed by atoms with E-state index in [-0.39, 0.29) is 11.7 Å². The van der Waals surface area contributed by atoms with E-state index in [9.17, 15) is 4.79 Å². The molecule has 2 aromatic rings. The van der Waals surface area contributed by atoms with Crippen molar-refractivity contribution in [2.45, 2.75) is 6.92 Å². The SMILES string of the molecule is Cc1ncoc1C(=O)N(C)c1cccc(C#N)c1. The summed E-state index contributed by atoms with van der Waals surface area (Å²) < 4.78 is 5.06. The highest BCUT2D eigenvalue weighted by atomic mass is 16.3. The van der Waals surface area contributed by atoms with E-state index >= 15 is 0 Å². The third-order valence-electron chi connectivity index (χ3n) is 2.61. The maximum absolute atomic E-state index is 12.1. The highest BCUT2D eigenvalue weighted by molar-refractivity contribution is 6.04. The van der Waals surface area contributed by atoms with Crippen molar-refractivity contribution in [3.05, 3.63) is 47.7 Å². The maximum Gasteiger partial charge on any atom is 0.295 e. The second-order valence-electron chi connectivity index (χ2n) is 3.79. The summed E-state index contributed by atoms with van der Waals surface area (Å²) in [4.78, 5) is 17.4. The number of oxazole rings is 1. The Labute approximate surface area is 104 Å². The normalized spacial score (nSPS) is 9.83. The highest BCUT2D eigenvalue weighted by Gasteiger charge is 2.19. The Kier molecular flexibility index (Phi) is 3.11. The molecule has 0 spiro atoms. The van der Waals surface area contributed by atoms with Crippen LogP contribution in [0.15, 0.2) is 35.1 Å². The first-order valence-electron chi connectivity index (χ1n) is 5.32. The van der Waals surface area contributed by atoms with E-state index < -0.39 is 0 Å². The Bertz CT molecular complexity index is 625. The molecule has 0 saturated heterocycles. The number of rotatable bonds is 2. The summed E-state index contributed by atoms with van der Waals surface area (Å²) in [6.45, 7) is 1.70. The molecule has 1 amide bonds. The molecular formula is C13H11N3O2. The van der Waals surface area contributed by atoms with Gasteiger partial charge in [0.25, 0.3) is 5.91 Å². The van der Waals surface area contributed by atoms with Crippen molar-refractivity contribution >= 4 is 11.6 Å². The summed E-state index contributed by atoms with van der Waals surface area (Å²) in [6, 6.07) is 8.84. The van der Waals surface area contributed by atoms with Crippen LogP contribution in [0.5, 0.6) is 0 Å². The van der Waals surface area contributed by atoms with Gasteiger partial charge in [-0.05, 0) is 25.1 Å². The number of aromatic nitrogens is 1. The minimum atomic E-state index is -0.292. The average Bonchev–Trinajstić information content (AvgIpc) is 2.83. The highest BCUT2D eigenvalue weighted by Crippen LogP contribution is 2.18. The molecule has 0 fully saturated rings. The fraction of sp³-hybridized carbons (Fsp3) is 0.154. The molecule has 0 aliphatic heterocycles. The van der Waals surface area contributed by atoms with Gasteiger partial charge in [-0.25, -0.2) is 4.98 Å². The predicted octanol–water partition coefficient (Wildman–Crippen LogP) is 2.13. The Hall–Kier alpha value is -2.61. The predicted molar refractivity (Wildman–Crippen MR) is 65.1 cm³/mol. The van der Waals surface area contributed by atoms with Crippen LogP contribution in [0.4, 0.5) is 5.69 Å². The van der Waals surface area contributed by atoms with Gasteiger partial charge in [-0.3, -0.25) is 4.79 Å². The Morgan fingerprint density at radius 1 is 1.50 bits per heavy atom. The van der Waals surface area contributed by atoms with E-state index in [0.29, 0.717) is 16.9 Å². The Morgan fingerprint density at radius 3 is 2.89 bits per heavy atom. The van der Waals surface area contributed by atoms with E-state index in [1.165, 1.54) is 11.3 Å². The van der Waals surface area contributed by atoms with Crippen LogP contribution in [0.3, 0.4) is 0 Å². The van der Waals surface area contributed by atoms with Gasteiger partial charge in [-0.2, -0.15) is 5.26 Å². The number of nitrogens with zero attached hydrogens (tertiary/aromatic N) is 3. The van der Waals surface area contributed by atoms with Crippen molar-refractivity contribution in [2.75, 3.05) is 11.9 Å². The molecule has 0 aliphatic carbocycles. The number of carbonyl (C=O) groups excluding carboxylic acids is 1. The third kappa shape index (κ3) is 2.09. The lowest BCUT2D eigenvalue weighted by Crippen LogP contribution is -2.26. The smallest absolute Gasteiger partial charge is 0.295 e. The van der Waals surface area contributed by atoms with Gasteiger partial charge in [0, 0.05) is 12.7 Å². The Morgan fingerprint density at radius 2 is 2.28 bits per heavy atom. The minimum Gasteiger partial charge on any atom is -0.438 e. The summed E-state index contributed by atoms with van der Waals surface area (Å²) in [5.41, 5.74) is 1.68. The maximum atomic E-state index is 12.1. The van der Waals surface area contributed by atoms with Gasteiger partial charge in [0.05, 0.1) is 17.3 Å². The molecule has 0 unspecified atom stereocenters. The van der Waals surface area contributed by atoms with E-state index in [4.69, 9.17) is 9.68 Å². The van der Waals surface area contributed by atoms with E-state index in [1.807, 2.05) is 6.07 Å². The van der Waals surface area contributed by atoms with Gasteiger partial charge < -0.3 is 9.32 Å². The summed E-state index contributed by atoms with van der Waals surface area (Å²) in [6.07, 6.45) is 1.24. The summed E-state index contributed by atoms with van der Waals surface area (Å²) in [5.74, 6) is -0.0834. The first-order chi connectivity index (χ1) is 8.63. The van der Waals surface area contributed by atoms with Gasteiger partial charge in [-0.15, -0.1) is 0 Å². The molecule has 5 nitrogen and oxygen atoms in total. The van der Waals surface area contributed by atoms with E-state index in [2.05, 4.69) is 4.98 Å². The first-order valence-corrected chi connectivity index (χ1v) is 5.32. The molecule has 1 heterocycles. The van der Waals surface area contributed by atoms with Gasteiger partial charge in [0.1, 0.15) is 0 Å². The summed E-state index contributed by atoms with van der Waals surface area (Å²) in [7, 11) is 1.63. The van der Waals surface area contributed by atoms with Crippen molar-refractivity contribution in [2.24, 2.45) is 0 Å². The molecule has 0 saturated carbocycles. The van der Waals surface area contributed by atoms with Crippen LogP contribution in [-0.4, -0.2) is 17.9 Å². The molecule has 5 heteroatoms. The van der Waals surface area contributed by atoms with E-state index in [1.54, 1.807) is 38.2 Å². The summed E-state index contributed by atoms with van der Waals surface area (Å²) >= 11 is 0. The molecule has 0 bridgehead atoms. The van der Waals surface area contributed by atoms with Crippen LogP contribution < -0.4 is 4.90 Å². The molecule has 1 aromatic carbocycles. The van der Waals surface area contributed by atoms with Crippen molar-refractivity contribution in [1.82, 2.24) is 4.98 Å². The number of carbonyl (C=O) groups is 1. The zero-order valence-electron chi connectivity index (χ0n) is 10.0. The van der Waals surface area contributed by atoms with Crippen molar-refractivity contribution in [1.29, 1.82) is 5.26 Å². The van der Waals surface area contributed by atoms with Crippen LogP contribution >= 0.6 is 0 Å². The quantitative estimate of drug-likeness (QED) is 0.807. The molecule has 0 radical (unpaired) electrons. The zero-order valence-corrected chi connectivity index (χ0v) is 10.0. The van der Waals surface area contributed by atoms with Gasteiger partial charge in [0.2, 0.25) is 5.76 Å². The van der Waals surface area contributed by atoms with Crippen LogP contribution in [0.1, 0.15) is 21.8 Å². The molecule has 1 aromatic heterocycles. The molecule has 0 N–H and O–H groups in total. The second kappa shape index (κ2) is 4.72. The largest absolute Gasteiger partial charge is 0.438 e. The lowest BCUT2D eigenvalue weighted by molar-refractivity contribution is 0.0965. The number of hydrogen-bond acceptors (Lipinski definition) is 4. The minimum absolute atomic E-state index is 0.208. The van der Waals surface area contributed by atoms with Gasteiger partial charge in [-0.1, -0.05) is 6.07 Å². The van der Waals surface area contributed by atoms with Crippen molar-refractivity contribution < 1.29 is 9.21 Å². The molecular weight excluding hydrogens is 230 g/mol. The number of amides is 1. The number of hydrogen-bond donors (Lipinski definition) is 0. The van der Waals surface area contributed by atoms with Crippen LogP contribution in [0.2, 0.25) is 0 Å². The number of benzene rings is 1. The number of anilines is 1. The molecule has 0 atom stereocenters. The Balaban J connectivity index is 2.32. The van der Waals surface area contributed by atoms with E-state index in [0.717, 1.165) is 0 Å². The standard InChI is InChI=1S/C13H11N3O2/c1-9-12(18-8-15-9)13(17)16(2)11-5-3-4-10(6-11)7-14/h3-6,8H,1-2H3. The lowest BCUT2D eigenvalue weighted by atomic mass is 10.2. The number of nitriles is 1. The van der Waals surface area contributed by atoms with Gasteiger partial charge >= 0.3 is 0 Å². The van der Waals surface area contributed by atoms with Crippen LogP contribution in [0.25, 0.3) is 0 Å². The monoisotopic (exact) mass is 241 g/mol. The average molecular weight is 241 g/mol. The fourth-order valence-electron chi connectivity index (χ4n) is 1.56. The second-order valence-corrected chi connectivity index (χ2v) is 3.79. The van der Waals surface area contributed by atoms with Crippen LogP contribution in [0, 0.1) is 18.3 Å². The zero-order chi connectivity index (χ0) is 13.1. The van der Waals surface area contributed by atoms with Crippen molar-refractivity contribution in [3.8, 4) is 6.07 Å². The fourth-order valence-corrected chi connectivity index (χ4v) is 1.56.